The van der Waals surface area contributed by atoms with Crippen LogP contribution in [0.3, 0.4) is 0 Å². The first-order valence-electron chi connectivity index (χ1n) is 9.65. The quantitative estimate of drug-likeness (QED) is 0.842. The molecule has 6 heteroatoms. The average Bonchev–Trinajstić information content (AvgIpc) is 3.29. The fourth-order valence-electron chi connectivity index (χ4n) is 4.84. The number of fused-ring (bicyclic) bond motifs is 1. The van der Waals surface area contributed by atoms with Crippen LogP contribution in [-0.2, 0) is 11.3 Å². The summed E-state index contributed by atoms with van der Waals surface area (Å²) in [7, 11) is 0. The van der Waals surface area contributed by atoms with Crippen LogP contribution in [0.15, 0.2) is 12.4 Å². The van der Waals surface area contributed by atoms with Crippen LogP contribution in [-0.4, -0.2) is 63.4 Å². The van der Waals surface area contributed by atoms with Gasteiger partial charge in [-0.15, -0.1) is 0 Å². The summed E-state index contributed by atoms with van der Waals surface area (Å²) in [4.78, 5) is 19.3. The third kappa shape index (κ3) is 3.48. The van der Waals surface area contributed by atoms with Crippen molar-refractivity contribution in [2.75, 3.05) is 32.7 Å². The van der Waals surface area contributed by atoms with E-state index < -0.39 is 0 Å². The largest absolute Gasteiger partial charge is 0.342 e. The smallest absolute Gasteiger partial charge is 0.225 e. The minimum atomic E-state index is 0.254. The fourth-order valence-corrected chi connectivity index (χ4v) is 4.84. The van der Waals surface area contributed by atoms with Crippen LogP contribution < -0.4 is 0 Å². The van der Waals surface area contributed by atoms with Crippen molar-refractivity contribution in [1.82, 2.24) is 24.8 Å². The molecule has 1 aromatic heterocycles. The maximum Gasteiger partial charge on any atom is 0.225 e. The normalized spacial score (nSPS) is 28.9. The molecule has 2 atom stereocenters. The van der Waals surface area contributed by atoms with Crippen LogP contribution in [0.2, 0.25) is 0 Å². The molecule has 1 saturated carbocycles. The van der Waals surface area contributed by atoms with E-state index in [1.54, 1.807) is 17.2 Å². The number of carbonyl (C=O) groups excluding carboxylic acids is 1. The number of rotatable bonds is 4. The minimum Gasteiger partial charge on any atom is -0.342 e. The lowest BCUT2D eigenvalue weighted by molar-refractivity contribution is -0.136. The van der Waals surface area contributed by atoms with Crippen LogP contribution in [0.4, 0.5) is 0 Å². The molecule has 0 bridgehead atoms. The number of hydrogen-bond acceptors (Lipinski definition) is 4. The van der Waals surface area contributed by atoms with E-state index in [9.17, 15) is 4.79 Å². The zero-order valence-corrected chi connectivity index (χ0v) is 14.5. The van der Waals surface area contributed by atoms with E-state index in [1.807, 2.05) is 0 Å². The number of hydrogen-bond donors (Lipinski definition) is 0. The summed E-state index contributed by atoms with van der Waals surface area (Å²) < 4.78 is 0. The molecule has 0 N–H and O–H groups in total. The maximum absolute atomic E-state index is 12.9. The van der Waals surface area contributed by atoms with E-state index in [4.69, 9.17) is 0 Å². The van der Waals surface area contributed by atoms with Crippen molar-refractivity contribution < 1.29 is 4.79 Å². The number of nitrogens with zero attached hydrogens (tertiary/aromatic N) is 5. The second-order valence-electron chi connectivity index (χ2n) is 7.79. The van der Waals surface area contributed by atoms with Gasteiger partial charge in [-0.1, -0.05) is 12.8 Å². The SMILES string of the molecule is O=C(C1CCN(CCn2nccn2)CC1)N1CC2CCCCC2C1. The Morgan fingerprint density at radius 1 is 0.917 bits per heavy atom. The molecule has 2 aliphatic heterocycles. The Morgan fingerprint density at radius 3 is 2.17 bits per heavy atom. The second-order valence-corrected chi connectivity index (χ2v) is 7.79. The predicted molar refractivity (Wildman–Crippen MR) is 91.2 cm³/mol. The van der Waals surface area contributed by atoms with E-state index in [0.29, 0.717) is 5.91 Å². The zero-order chi connectivity index (χ0) is 16.4. The second kappa shape index (κ2) is 7.21. The van der Waals surface area contributed by atoms with Gasteiger partial charge in [0.05, 0.1) is 18.9 Å². The Kier molecular flexibility index (Phi) is 4.83. The van der Waals surface area contributed by atoms with Gasteiger partial charge >= 0.3 is 0 Å². The van der Waals surface area contributed by atoms with Gasteiger partial charge in [0.15, 0.2) is 0 Å². The Morgan fingerprint density at radius 2 is 1.54 bits per heavy atom. The first kappa shape index (κ1) is 16.1. The highest BCUT2D eigenvalue weighted by molar-refractivity contribution is 5.79. The summed E-state index contributed by atoms with van der Waals surface area (Å²) >= 11 is 0. The number of likely N-dealkylation sites (tertiary alicyclic amines) is 2. The molecule has 3 aliphatic rings. The third-order valence-corrected chi connectivity index (χ3v) is 6.31. The molecule has 2 unspecified atom stereocenters. The summed E-state index contributed by atoms with van der Waals surface area (Å²) in [6.45, 7) is 5.94. The van der Waals surface area contributed by atoms with Crippen LogP contribution in [0.25, 0.3) is 0 Å². The van der Waals surface area contributed by atoms with Gasteiger partial charge in [-0.05, 0) is 50.6 Å². The van der Waals surface area contributed by atoms with E-state index in [1.165, 1.54) is 25.7 Å². The van der Waals surface area contributed by atoms with Crippen molar-refractivity contribution in [3.05, 3.63) is 12.4 Å². The molecule has 1 amide bonds. The van der Waals surface area contributed by atoms with Crippen molar-refractivity contribution in [2.24, 2.45) is 17.8 Å². The molecule has 3 fully saturated rings. The van der Waals surface area contributed by atoms with Gasteiger partial charge in [-0.2, -0.15) is 15.0 Å². The summed E-state index contributed by atoms with van der Waals surface area (Å²) in [6.07, 6.45) is 10.9. The Balaban J connectivity index is 1.23. The first-order valence-corrected chi connectivity index (χ1v) is 9.65. The highest BCUT2D eigenvalue weighted by atomic mass is 16.2. The summed E-state index contributed by atoms with van der Waals surface area (Å²) in [5.41, 5.74) is 0. The molecule has 1 aliphatic carbocycles. The predicted octanol–water partition coefficient (Wildman–Crippen LogP) is 1.64. The first-order chi connectivity index (χ1) is 11.8. The van der Waals surface area contributed by atoms with E-state index in [0.717, 1.165) is 63.9 Å². The highest BCUT2D eigenvalue weighted by Gasteiger charge is 2.38. The maximum atomic E-state index is 12.9. The lowest BCUT2D eigenvalue weighted by Gasteiger charge is -2.33. The Labute approximate surface area is 144 Å². The summed E-state index contributed by atoms with van der Waals surface area (Å²) in [5, 5.41) is 8.30. The summed E-state index contributed by atoms with van der Waals surface area (Å²) in [5.74, 6) is 2.29. The molecule has 3 heterocycles. The molecule has 1 aromatic rings. The molecule has 0 radical (unpaired) electrons. The van der Waals surface area contributed by atoms with Crippen molar-refractivity contribution in [2.45, 2.75) is 45.1 Å². The van der Waals surface area contributed by atoms with Crippen LogP contribution in [0.1, 0.15) is 38.5 Å². The van der Waals surface area contributed by atoms with Crippen LogP contribution in [0, 0.1) is 17.8 Å². The molecule has 132 valence electrons. The fraction of sp³-hybridized carbons (Fsp3) is 0.833. The van der Waals surface area contributed by atoms with Gasteiger partial charge in [0.2, 0.25) is 5.91 Å². The number of carbonyl (C=O) groups is 1. The average molecular weight is 331 g/mol. The lowest BCUT2D eigenvalue weighted by Crippen LogP contribution is -2.42. The van der Waals surface area contributed by atoms with Crippen molar-refractivity contribution >= 4 is 5.91 Å². The molecule has 0 spiro atoms. The lowest BCUT2D eigenvalue weighted by atomic mass is 9.82. The molecular formula is C18H29N5O. The monoisotopic (exact) mass is 331 g/mol. The van der Waals surface area contributed by atoms with Gasteiger partial charge in [0, 0.05) is 25.6 Å². The number of aromatic nitrogens is 3. The number of piperidine rings is 1. The van der Waals surface area contributed by atoms with Crippen molar-refractivity contribution in [1.29, 1.82) is 0 Å². The minimum absolute atomic E-state index is 0.254. The van der Waals surface area contributed by atoms with E-state index >= 15 is 0 Å². The van der Waals surface area contributed by atoms with E-state index in [2.05, 4.69) is 20.0 Å². The number of amides is 1. The zero-order valence-electron chi connectivity index (χ0n) is 14.5. The topological polar surface area (TPSA) is 54.3 Å². The molecule has 2 saturated heterocycles. The Hall–Kier alpha value is -1.43. The van der Waals surface area contributed by atoms with Gasteiger partial charge in [-0.3, -0.25) is 4.79 Å². The third-order valence-electron chi connectivity index (χ3n) is 6.31. The van der Waals surface area contributed by atoms with Crippen LogP contribution >= 0.6 is 0 Å². The Bertz CT molecular complexity index is 524. The van der Waals surface area contributed by atoms with Gasteiger partial charge in [0.1, 0.15) is 0 Å². The van der Waals surface area contributed by atoms with Crippen molar-refractivity contribution in [3.8, 4) is 0 Å². The molecule has 0 aromatic carbocycles. The van der Waals surface area contributed by atoms with Gasteiger partial charge in [-0.25, -0.2) is 0 Å². The van der Waals surface area contributed by atoms with Crippen LogP contribution in [0.5, 0.6) is 0 Å². The van der Waals surface area contributed by atoms with E-state index in [-0.39, 0.29) is 5.92 Å². The highest BCUT2D eigenvalue weighted by Crippen LogP contribution is 2.37. The molecule has 6 nitrogen and oxygen atoms in total. The van der Waals surface area contributed by atoms with Crippen molar-refractivity contribution in [3.63, 3.8) is 0 Å². The standard InChI is InChI=1S/C18H29N5O/c24-18(22-13-16-3-1-2-4-17(16)14-22)15-5-9-21(10-6-15)11-12-23-19-7-8-20-23/h7-8,15-17H,1-6,9-14H2. The van der Waals surface area contributed by atoms with Gasteiger partial charge in [0.25, 0.3) is 0 Å². The molecule has 4 rings (SSSR count). The molecular weight excluding hydrogens is 302 g/mol. The molecule has 24 heavy (non-hydrogen) atoms. The van der Waals surface area contributed by atoms with Gasteiger partial charge < -0.3 is 9.80 Å². The summed E-state index contributed by atoms with van der Waals surface area (Å²) in [6, 6.07) is 0.